The molecule has 3 N–H and O–H groups in total. The summed E-state index contributed by atoms with van der Waals surface area (Å²) in [5.41, 5.74) is 6.55. The first-order valence-electron chi connectivity index (χ1n) is 4.42. The number of rotatable bonds is 2. The van der Waals surface area contributed by atoms with Crippen molar-refractivity contribution in [3.05, 3.63) is 29.6 Å². The van der Waals surface area contributed by atoms with Gasteiger partial charge in [-0.3, -0.25) is 0 Å². The number of hydrogen-bond donors (Lipinski definition) is 2. The van der Waals surface area contributed by atoms with Crippen molar-refractivity contribution >= 4 is 5.69 Å². The summed E-state index contributed by atoms with van der Waals surface area (Å²) in [6, 6.07) is 6.48. The van der Waals surface area contributed by atoms with Crippen molar-refractivity contribution in [2.45, 2.75) is 18.5 Å². The van der Waals surface area contributed by atoms with Crippen molar-refractivity contribution in [1.29, 1.82) is 5.26 Å². The topological polar surface area (TPSA) is 61.8 Å². The SMILES string of the molecule is N#Cc1cc(F)cc(NC2CC2N)c1. The third-order valence-corrected chi connectivity index (χ3v) is 2.22. The maximum absolute atomic E-state index is 13.0. The minimum absolute atomic E-state index is 0.156. The largest absolute Gasteiger partial charge is 0.381 e. The van der Waals surface area contributed by atoms with Gasteiger partial charge in [0, 0.05) is 17.8 Å². The van der Waals surface area contributed by atoms with Gasteiger partial charge in [0.05, 0.1) is 11.6 Å². The molecule has 0 aliphatic heterocycles. The van der Waals surface area contributed by atoms with Crippen LogP contribution in [0.15, 0.2) is 18.2 Å². The Hall–Kier alpha value is -1.60. The Labute approximate surface area is 81.3 Å². The molecular weight excluding hydrogens is 181 g/mol. The fourth-order valence-electron chi connectivity index (χ4n) is 1.33. The molecule has 3 nitrogen and oxygen atoms in total. The molecule has 14 heavy (non-hydrogen) atoms. The first kappa shape index (κ1) is 8.97. The van der Waals surface area contributed by atoms with Gasteiger partial charge < -0.3 is 11.1 Å². The molecule has 1 aliphatic rings. The number of anilines is 1. The van der Waals surface area contributed by atoms with Crippen LogP contribution in [0.3, 0.4) is 0 Å². The number of halogens is 1. The fraction of sp³-hybridized carbons (Fsp3) is 0.300. The van der Waals surface area contributed by atoms with E-state index in [9.17, 15) is 4.39 Å². The highest BCUT2D eigenvalue weighted by Gasteiger charge is 2.33. The third-order valence-electron chi connectivity index (χ3n) is 2.22. The van der Waals surface area contributed by atoms with Gasteiger partial charge in [-0.15, -0.1) is 0 Å². The van der Waals surface area contributed by atoms with Gasteiger partial charge in [-0.1, -0.05) is 0 Å². The van der Waals surface area contributed by atoms with E-state index in [1.807, 2.05) is 6.07 Å². The lowest BCUT2D eigenvalue weighted by Crippen LogP contribution is -2.13. The predicted octanol–water partition coefficient (Wildman–Crippen LogP) is 1.21. The number of nitrogens with zero attached hydrogens (tertiary/aromatic N) is 1. The average Bonchev–Trinajstić information content (AvgIpc) is 2.80. The molecule has 0 saturated heterocycles. The van der Waals surface area contributed by atoms with Gasteiger partial charge in [0.2, 0.25) is 0 Å². The molecule has 0 radical (unpaired) electrons. The van der Waals surface area contributed by atoms with E-state index in [1.165, 1.54) is 12.1 Å². The molecule has 2 rings (SSSR count). The van der Waals surface area contributed by atoms with Crippen LogP contribution in [0.4, 0.5) is 10.1 Å². The Balaban J connectivity index is 2.17. The molecule has 72 valence electrons. The number of nitrogens with one attached hydrogen (secondary N) is 1. The van der Waals surface area contributed by atoms with Crippen LogP contribution >= 0.6 is 0 Å². The van der Waals surface area contributed by atoms with Gasteiger partial charge >= 0.3 is 0 Å². The van der Waals surface area contributed by atoms with Crippen LogP contribution in [-0.4, -0.2) is 12.1 Å². The van der Waals surface area contributed by atoms with Gasteiger partial charge in [0.25, 0.3) is 0 Å². The molecule has 0 aromatic heterocycles. The summed E-state index contributed by atoms with van der Waals surface area (Å²) in [5.74, 6) is -0.402. The van der Waals surface area contributed by atoms with Crippen LogP contribution in [0.1, 0.15) is 12.0 Å². The van der Waals surface area contributed by atoms with Crippen LogP contribution in [0, 0.1) is 17.1 Å². The molecule has 1 saturated carbocycles. The van der Waals surface area contributed by atoms with Crippen molar-refractivity contribution in [1.82, 2.24) is 0 Å². The second-order valence-corrected chi connectivity index (χ2v) is 3.49. The molecule has 1 fully saturated rings. The van der Waals surface area contributed by atoms with Crippen molar-refractivity contribution in [2.75, 3.05) is 5.32 Å². The number of nitrogens with two attached hydrogens (primary N) is 1. The van der Waals surface area contributed by atoms with Gasteiger partial charge in [-0.25, -0.2) is 4.39 Å². The lowest BCUT2D eigenvalue weighted by Gasteiger charge is -2.05. The number of nitriles is 1. The molecule has 0 heterocycles. The van der Waals surface area contributed by atoms with Crippen LogP contribution in [0.2, 0.25) is 0 Å². The van der Waals surface area contributed by atoms with E-state index in [4.69, 9.17) is 11.0 Å². The molecule has 1 aliphatic carbocycles. The van der Waals surface area contributed by atoms with E-state index >= 15 is 0 Å². The number of hydrogen-bond acceptors (Lipinski definition) is 3. The Morgan fingerprint density at radius 3 is 2.79 bits per heavy atom. The highest BCUT2D eigenvalue weighted by atomic mass is 19.1. The summed E-state index contributed by atoms with van der Waals surface area (Å²) in [6.07, 6.45) is 0.901. The molecule has 0 bridgehead atoms. The highest BCUT2D eigenvalue weighted by molar-refractivity contribution is 5.51. The van der Waals surface area contributed by atoms with E-state index in [0.29, 0.717) is 11.3 Å². The van der Waals surface area contributed by atoms with Crippen molar-refractivity contribution < 1.29 is 4.39 Å². The second kappa shape index (κ2) is 3.28. The van der Waals surface area contributed by atoms with E-state index in [-0.39, 0.29) is 12.1 Å². The first-order chi connectivity index (χ1) is 6.69. The summed E-state index contributed by atoms with van der Waals surface area (Å²) in [7, 11) is 0. The minimum atomic E-state index is -0.402. The summed E-state index contributed by atoms with van der Waals surface area (Å²) in [6.45, 7) is 0. The molecule has 0 spiro atoms. The zero-order chi connectivity index (χ0) is 10.1. The maximum Gasteiger partial charge on any atom is 0.126 e. The summed E-state index contributed by atoms with van der Waals surface area (Å²) < 4.78 is 13.0. The Bertz CT molecular complexity index is 397. The van der Waals surface area contributed by atoms with Gasteiger partial charge in [0.15, 0.2) is 0 Å². The monoisotopic (exact) mass is 191 g/mol. The Kier molecular flexibility index (Phi) is 2.10. The quantitative estimate of drug-likeness (QED) is 0.738. The van der Waals surface area contributed by atoms with Crippen molar-refractivity contribution in [2.24, 2.45) is 5.73 Å². The van der Waals surface area contributed by atoms with Crippen molar-refractivity contribution in [3.8, 4) is 6.07 Å². The van der Waals surface area contributed by atoms with Gasteiger partial charge in [-0.2, -0.15) is 5.26 Å². The fourth-order valence-corrected chi connectivity index (χ4v) is 1.33. The molecular formula is C10H10FN3. The molecule has 0 amide bonds. The normalized spacial score (nSPS) is 24.1. The summed E-state index contributed by atoms with van der Waals surface area (Å²) in [4.78, 5) is 0. The zero-order valence-electron chi connectivity index (χ0n) is 7.50. The van der Waals surface area contributed by atoms with Crippen molar-refractivity contribution in [3.63, 3.8) is 0 Å². The molecule has 1 aromatic carbocycles. The van der Waals surface area contributed by atoms with E-state index < -0.39 is 5.82 Å². The lowest BCUT2D eigenvalue weighted by molar-refractivity contribution is 0.627. The van der Waals surface area contributed by atoms with E-state index in [0.717, 1.165) is 6.42 Å². The first-order valence-corrected chi connectivity index (χ1v) is 4.42. The summed E-state index contributed by atoms with van der Waals surface area (Å²) in [5, 5.41) is 11.7. The standard InChI is InChI=1S/C10H10FN3/c11-7-1-6(5-12)2-8(3-7)14-10-4-9(10)13/h1-3,9-10,14H,4,13H2. The maximum atomic E-state index is 13.0. The van der Waals surface area contributed by atoms with E-state index in [2.05, 4.69) is 5.32 Å². The van der Waals surface area contributed by atoms with Crippen LogP contribution in [0.25, 0.3) is 0 Å². The van der Waals surface area contributed by atoms with E-state index in [1.54, 1.807) is 6.07 Å². The zero-order valence-corrected chi connectivity index (χ0v) is 7.50. The van der Waals surface area contributed by atoms with Gasteiger partial charge in [0.1, 0.15) is 5.82 Å². The second-order valence-electron chi connectivity index (χ2n) is 3.49. The number of benzene rings is 1. The van der Waals surface area contributed by atoms with Crippen LogP contribution < -0.4 is 11.1 Å². The minimum Gasteiger partial charge on any atom is -0.381 e. The van der Waals surface area contributed by atoms with Gasteiger partial charge in [-0.05, 0) is 24.6 Å². The molecule has 2 atom stereocenters. The highest BCUT2D eigenvalue weighted by Crippen LogP contribution is 2.24. The molecule has 1 aromatic rings. The molecule has 2 unspecified atom stereocenters. The predicted molar refractivity (Wildman–Crippen MR) is 51.1 cm³/mol. The average molecular weight is 191 g/mol. The van der Waals surface area contributed by atoms with Crippen LogP contribution in [0.5, 0.6) is 0 Å². The Morgan fingerprint density at radius 2 is 2.21 bits per heavy atom. The molecule has 4 heteroatoms. The smallest absolute Gasteiger partial charge is 0.126 e. The third kappa shape index (κ3) is 1.83. The van der Waals surface area contributed by atoms with Crippen LogP contribution in [-0.2, 0) is 0 Å². The lowest BCUT2D eigenvalue weighted by atomic mass is 10.2. The summed E-state index contributed by atoms with van der Waals surface area (Å²) >= 11 is 0. The Morgan fingerprint density at radius 1 is 1.50 bits per heavy atom.